The van der Waals surface area contributed by atoms with E-state index in [4.69, 9.17) is 4.74 Å². The van der Waals surface area contributed by atoms with Gasteiger partial charge in [0, 0.05) is 12.2 Å². The van der Waals surface area contributed by atoms with Crippen LogP contribution in [0.2, 0.25) is 0 Å². The molecule has 2 aromatic rings. The Morgan fingerprint density at radius 2 is 1.89 bits per heavy atom. The smallest absolute Gasteiger partial charge is 0.235 e. The second-order valence-electron chi connectivity index (χ2n) is 6.67. The lowest BCUT2D eigenvalue weighted by Gasteiger charge is -2.29. The molecule has 0 aliphatic carbocycles. The summed E-state index contributed by atoms with van der Waals surface area (Å²) in [5, 5.41) is 2.87. The number of sulfonamides is 1. The number of amides is 1. The lowest BCUT2D eigenvalue weighted by Crippen LogP contribution is -2.38. The van der Waals surface area contributed by atoms with Gasteiger partial charge in [0.15, 0.2) is 0 Å². The van der Waals surface area contributed by atoms with E-state index in [0.29, 0.717) is 24.3 Å². The number of aryl methyl sites for hydroxylation is 1. The second-order valence-corrected chi connectivity index (χ2v) is 8.68. The minimum atomic E-state index is -3.25. The van der Waals surface area contributed by atoms with Crippen molar-refractivity contribution in [3.63, 3.8) is 0 Å². The summed E-state index contributed by atoms with van der Waals surface area (Å²) < 4.78 is 31.2. The maximum atomic E-state index is 12.3. The van der Waals surface area contributed by atoms with Crippen LogP contribution in [0, 0.1) is 6.92 Å². The average Bonchev–Trinajstić information content (AvgIpc) is 2.63. The molecule has 1 fully saturated rings. The van der Waals surface area contributed by atoms with Gasteiger partial charge in [0.2, 0.25) is 15.9 Å². The molecule has 144 valence electrons. The third kappa shape index (κ3) is 4.60. The Labute approximate surface area is 160 Å². The summed E-state index contributed by atoms with van der Waals surface area (Å²) >= 11 is 0. The Balaban J connectivity index is 1.69. The van der Waals surface area contributed by atoms with Crippen molar-refractivity contribution >= 4 is 27.3 Å². The standard InChI is InChI=1S/C20H24N2O4S/c1-15-13-17(7-10-19(15)22-11-3-4-12-27(22,24)25)21-20(23)14-16-5-8-18(26-2)9-6-16/h5-10,13H,3-4,11-12,14H2,1-2H3,(H,21,23). The summed E-state index contributed by atoms with van der Waals surface area (Å²) in [6, 6.07) is 12.7. The number of anilines is 2. The zero-order valence-corrected chi connectivity index (χ0v) is 16.4. The van der Waals surface area contributed by atoms with Gasteiger partial charge in [-0.2, -0.15) is 0 Å². The van der Waals surface area contributed by atoms with Crippen LogP contribution in [0.3, 0.4) is 0 Å². The van der Waals surface area contributed by atoms with Crippen LogP contribution in [0.4, 0.5) is 11.4 Å². The van der Waals surface area contributed by atoms with Gasteiger partial charge in [-0.05, 0) is 61.2 Å². The number of benzene rings is 2. The number of carbonyl (C=O) groups is 1. The van der Waals surface area contributed by atoms with Crippen molar-refractivity contribution in [2.24, 2.45) is 0 Å². The molecule has 6 nitrogen and oxygen atoms in total. The SMILES string of the molecule is COc1ccc(CC(=O)Nc2ccc(N3CCCCS3(=O)=O)c(C)c2)cc1. The molecule has 0 radical (unpaired) electrons. The highest BCUT2D eigenvalue weighted by Gasteiger charge is 2.27. The minimum absolute atomic E-state index is 0.127. The van der Waals surface area contributed by atoms with Crippen LogP contribution < -0.4 is 14.4 Å². The van der Waals surface area contributed by atoms with Crippen LogP contribution in [0.25, 0.3) is 0 Å². The topological polar surface area (TPSA) is 75.7 Å². The Morgan fingerprint density at radius 3 is 2.52 bits per heavy atom. The average molecular weight is 388 g/mol. The van der Waals surface area contributed by atoms with Crippen molar-refractivity contribution in [3.05, 3.63) is 53.6 Å². The Morgan fingerprint density at radius 1 is 1.15 bits per heavy atom. The van der Waals surface area contributed by atoms with Gasteiger partial charge in [-0.25, -0.2) is 8.42 Å². The van der Waals surface area contributed by atoms with Gasteiger partial charge >= 0.3 is 0 Å². The predicted molar refractivity (Wildman–Crippen MR) is 107 cm³/mol. The number of nitrogens with one attached hydrogen (secondary N) is 1. The quantitative estimate of drug-likeness (QED) is 0.854. The van der Waals surface area contributed by atoms with Gasteiger partial charge in [-0.15, -0.1) is 0 Å². The van der Waals surface area contributed by atoms with Crippen molar-refractivity contribution in [1.82, 2.24) is 0 Å². The first-order valence-corrected chi connectivity index (χ1v) is 10.5. The summed E-state index contributed by atoms with van der Waals surface area (Å²) in [6.45, 7) is 2.37. The van der Waals surface area contributed by atoms with Crippen LogP contribution in [0.5, 0.6) is 5.75 Å². The van der Waals surface area contributed by atoms with Gasteiger partial charge in [-0.3, -0.25) is 9.10 Å². The molecule has 0 atom stereocenters. The molecule has 1 N–H and O–H groups in total. The number of hydrogen-bond donors (Lipinski definition) is 1. The zero-order chi connectivity index (χ0) is 19.4. The molecule has 0 bridgehead atoms. The van der Waals surface area contributed by atoms with E-state index in [2.05, 4.69) is 5.32 Å². The third-order valence-electron chi connectivity index (χ3n) is 4.62. The highest BCUT2D eigenvalue weighted by atomic mass is 32.2. The number of rotatable bonds is 5. The van der Waals surface area contributed by atoms with Crippen molar-refractivity contribution < 1.29 is 17.9 Å². The fourth-order valence-corrected chi connectivity index (χ4v) is 4.91. The minimum Gasteiger partial charge on any atom is -0.497 e. The van der Waals surface area contributed by atoms with Gasteiger partial charge < -0.3 is 10.1 Å². The summed E-state index contributed by atoms with van der Waals surface area (Å²) in [5.74, 6) is 0.809. The lowest BCUT2D eigenvalue weighted by atomic mass is 10.1. The van der Waals surface area contributed by atoms with Gasteiger partial charge in [-0.1, -0.05) is 12.1 Å². The lowest BCUT2D eigenvalue weighted by molar-refractivity contribution is -0.115. The molecule has 1 heterocycles. The normalized spacial score (nSPS) is 16.0. The van der Waals surface area contributed by atoms with E-state index >= 15 is 0 Å². The molecule has 0 aromatic heterocycles. The summed E-state index contributed by atoms with van der Waals surface area (Å²) in [5.41, 5.74) is 3.05. The molecular weight excluding hydrogens is 364 g/mol. The molecule has 0 spiro atoms. The molecule has 0 saturated carbocycles. The van der Waals surface area contributed by atoms with Crippen LogP contribution in [-0.4, -0.2) is 33.7 Å². The third-order valence-corrected chi connectivity index (χ3v) is 6.48. The summed E-state index contributed by atoms with van der Waals surface area (Å²) in [4.78, 5) is 12.3. The molecule has 1 aliphatic rings. The first-order valence-electron chi connectivity index (χ1n) is 8.93. The van der Waals surface area contributed by atoms with E-state index < -0.39 is 10.0 Å². The van der Waals surface area contributed by atoms with Crippen molar-refractivity contribution in [3.8, 4) is 5.75 Å². The molecule has 3 rings (SSSR count). The van der Waals surface area contributed by atoms with Crippen molar-refractivity contribution in [1.29, 1.82) is 0 Å². The Kier molecular flexibility index (Phi) is 5.70. The highest BCUT2D eigenvalue weighted by Crippen LogP contribution is 2.29. The number of ether oxygens (including phenoxy) is 1. The molecule has 1 amide bonds. The summed E-state index contributed by atoms with van der Waals surface area (Å²) in [6.07, 6.45) is 1.82. The maximum absolute atomic E-state index is 12.3. The predicted octanol–water partition coefficient (Wildman–Crippen LogP) is 3.11. The highest BCUT2D eigenvalue weighted by molar-refractivity contribution is 7.92. The van der Waals surface area contributed by atoms with E-state index in [0.717, 1.165) is 23.3 Å². The van der Waals surface area contributed by atoms with Gasteiger partial charge in [0.1, 0.15) is 5.75 Å². The van der Waals surface area contributed by atoms with Crippen LogP contribution in [-0.2, 0) is 21.2 Å². The van der Waals surface area contributed by atoms with Crippen molar-refractivity contribution in [2.75, 3.05) is 29.0 Å². The van der Waals surface area contributed by atoms with Gasteiger partial charge in [0.05, 0.1) is 25.0 Å². The van der Waals surface area contributed by atoms with Crippen molar-refractivity contribution in [2.45, 2.75) is 26.2 Å². The number of carbonyl (C=O) groups excluding carboxylic acids is 1. The van der Waals surface area contributed by atoms with E-state index in [9.17, 15) is 13.2 Å². The van der Waals surface area contributed by atoms with Crippen LogP contribution in [0.15, 0.2) is 42.5 Å². The molecule has 7 heteroatoms. The largest absolute Gasteiger partial charge is 0.497 e. The summed E-state index contributed by atoms with van der Waals surface area (Å²) in [7, 11) is -1.65. The first-order chi connectivity index (χ1) is 12.9. The number of hydrogen-bond acceptors (Lipinski definition) is 4. The molecule has 1 saturated heterocycles. The fraction of sp³-hybridized carbons (Fsp3) is 0.350. The van der Waals surface area contributed by atoms with E-state index in [-0.39, 0.29) is 18.1 Å². The molecule has 27 heavy (non-hydrogen) atoms. The fourth-order valence-electron chi connectivity index (χ4n) is 3.21. The maximum Gasteiger partial charge on any atom is 0.235 e. The number of nitrogens with zero attached hydrogens (tertiary/aromatic N) is 1. The second kappa shape index (κ2) is 8.00. The van der Waals surface area contributed by atoms with Gasteiger partial charge in [0.25, 0.3) is 0 Å². The van der Waals surface area contributed by atoms with E-state index in [1.54, 1.807) is 19.2 Å². The van der Waals surface area contributed by atoms with Crippen LogP contribution >= 0.6 is 0 Å². The van der Waals surface area contributed by atoms with Crippen LogP contribution in [0.1, 0.15) is 24.0 Å². The zero-order valence-electron chi connectivity index (χ0n) is 15.6. The molecule has 2 aromatic carbocycles. The Hall–Kier alpha value is -2.54. The molecule has 0 unspecified atom stereocenters. The molecule has 1 aliphatic heterocycles. The van der Waals surface area contributed by atoms with E-state index in [1.165, 1.54) is 4.31 Å². The first kappa shape index (κ1) is 19.2. The van der Waals surface area contributed by atoms with E-state index in [1.807, 2.05) is 37.3 Å². The number of methoxy groups -OCH3 is 1. The monoisotopic (exact) mass is 388 g/mol. The molecular formula is C20H24N2O4S. The Bertz CT molecular complexity index is 923.